The second-order valence-corrected chi connectivity index (χ2v) is 7.18. The molecule has 0 aromatic heterocycles. The van der Waals surface area contributed by atoms with E-state index in [-0.39, 0.29) is 6.04 Å². The van der Waals surface area contributed by atoms with Crippen molar-refractivity contribution >= 4 is 5.90 Å². The minimum absolute atomic E-state index is 0.150. The van der Waals surface area contributed by atoms with Crippen LogP contribution in [0, 0.1) is 5.92 Å². The predicted molar refractivity (Wildman–Crippen MR) is 113 cm³/mol. The fourth-order valence-electron chi connectivity index (χ4n) is 3.70. The van der Waals surface area contributed by atoms with E-state index in [1.54, 1.807) is 7.11 Å². The van der Waals surface area contributed by atoms with Crippen molar-refractivity contribution in [3.8, 4) is 5.75 Å². The molecule has 1 aliphatic rings. The van der Waals surface area contributed by atoms with Crippen LogP contribution in [-0.4, -0.2) is 25.7 Å². The average Bonchev–Trinajstić information content (AvgIpc) is 3.25. The van der Waals surface area contributed by atoms with Gasteiger partial charge in [0.05, 0.1) is 13.2 Å². The molecule has 3 nitrogen and oxygen atoms in total. The third kappa shape index (κ3) is 4.42. The first-order valence-electron chi connectivity index (χ1n) is 9.74. The molecule has 0 radical (unpaired) electrons. The Morgan fingerprint density at radius 1 is 0.857 bits per heavy atom. The van der Waals surface area contributed by atoms with Gasteiger partial charge in [-0.15, -0.1) is 0 Å². The molecule has 0 unspecified atom stereocenters. The molecule has 1 atom stereocenters. The average molecular weight is 371 g/mol. The highest BCUT2D eigenvalue weighted by Gasteiger charge is 2.28. The molecule has 0 N–H and O–H groups in total. The van der Waals surface area contributed by atoms with Crippen LogP contribution in [-0.2, 0) is 17.6 Å². The lowest BCUT2D eigenvalue weighted by Gasteiger charge is -2.20. The Labute approximate surface area is 166 Å². The van der Waals surface area contributed by atoms with Gasteiger partial charge in [0.25, 0.3) is 0 Å². The number of nitrogens with zero attached hydrogens (tertiary/aromatic N) is 1. The van der Waals surface area contributed by atoms with Crippen molar-refractivity contribution in [3.63, 3.8) is 0 Å². The van der Waals surface area contributed by atoms with E-state index in [2.05, 4.69) is 60.7 Å². The SMILES string of the molecule is COc1ccc(C2=N[C@@H](C(Cc3ccccc3)Cc3ccccc3)CO2)cc1. The Balaban J connectivity index is 1.55. The zero-order chi connectivity index (χ0) is 19.2. The van der Waals surface area contributed by atoms with Gasteiger partial charge in [0.2, 0.25) is 5.90 Å². The number of hydrogen-bond donors (Lipinski definition) is 0. The van der Waals surface area contributed by atoms with Gasteiger partial charge in [-0.2, -0.15) is 0 Å². The maximum absolute atomic E-state index is 5.99. The minimum Gasteiger partial charge on any atom is -0.497 e. The Hall–Kier alpha value is -3.07. The van der Waals surface area contributed by atoms with Crippen LogP contribution in [0.3, 0.4) is 0 Å². The van der Waals surface area contributed by atoms with Crippen molar-refractivity contribution in [1.82, 2.24) is 0 Å². The highest BCUT2D eigenvalue weighted by Crippen LogP contribution is 2.25. The predicted octanol–water partition coefficient (Wildman–Crippen LogP) is 4.94. The van der Waals surface area contributed by atoms with Gasteiger partial charge < -0.3 is 9.47 Å². The Bertz CT molecular complexity index is 863. The van der Waals surface area contributed by atoms with E-state index in [1.807, 2.05) is 24.3 Å². The normalized spacial score (nSPS) is 15.9. The van der Waals surface area contributed by atoms with E-state index in [1.165, 1.54) is 11.1 Å². The van der Waals surface area contributed by atoms with Crippen LogP contribution in [0.25, 0.3) is 0 Å². The van der Waals surface area contributed by atoms with Gasteiger partial charge in [-0.1, -0.05) is 60.7 Å². The lowest BCUT2D eigenvalue weighted by atomic mass is 9.87. The van der Waals surface area contributed by atoms with Crippen LogP contribution in [0.2, 0.25) is 0 Å². The maximum Gasteiger partial charge on any atom is 0.216 e. The van der Waals surface area contributed by atoms with Crippen molar-refractivity contribution in [1.29, 1.82) is 0 Å². The van der Waals surface area contributed by atoms with Gasteiger partial charge in [-0.3, -0.25) is 0 Å². The number of rotatable bonds is 7. The van der Waals surface area contributed by atoms with Gasteiger partial charge in [0, 0.05) is 5.56 Å². The van der Waals surface area contributed by atoms with Crippen LogP contribution in [0.15, 0.2) is 89.9 Å². The van der Waals surface area contributed by atoms with Crippen LogP contribution >= 0.6 is 0 Å². The monoisotopic (exact) mass is 371 g/mol. The standard InChI is InChI=1S/C25H25NO2/c1-27-23-14-12-21(13-15-23)25-26-24(18-28-25)22(16-19-8-4-2-5-9-19)17-20-10-6-3-7-11-20/h2-15,22,24H,16-18H2,1H3/t24-/m1/s1. The second kappa shape index (κ2) is 8.75. The van der Waals surface area contributed by atoms with Gasteiger partial charge in [-0.25, -0.2) is 4.99 Å². The van der Waals surface area contributed by atoms with E-state index >= 15 is 0 Å². The molecule has 3 heteroatoms. The van der Waals surface area contributed by atoms with Crippen molar-refractivity contribution < 1.29 is 9.47 Å². The summed E-state index contributed by atoms with van der Waals surface area (Å²) in [7, 11) is 1.67. The van der Waals surface area contributed by atoms with Crippen LogP contribution < -0.4 is 4.74 Å². The van der Waals surface area contributed by atoms with Gasteiger partial charge >= 0.3 is 0 Å². The molecule has 0 fully saturated rings. The highest BCUT2D eigenvalue weighted by molar-refractivity contribution is 5.95. The first-order chi connectivity index (χ1) is 13.8. The van der Waals surface area contributed by atoms with Gasteiger partial charge in [0.15, 0.2) is 0 Å². The molecule has 0 saturated carbocycles. The van der Waals surface area contributed by atoms with E-state index in [4.69, 9.17) is 14.5 Å². The molecule has 1 aliphatic heterocycles. The molecule has 0 amide bonds. The summed E-state index contributed by atoms with van der Waals surface area (Å²) in [5, 5.41) is 0. The summed E-state index contributed by atoms with van der Waals surface area (Å²) in [6, 6.07) is 29.4. The quantitative estimate of drug-likeness (QED) is 0.589. The summed E-state index contributed by atoms with van der Waals surface area (Å²) in [5.74, 6) is 1.96. The number of ether oxygens (including phenoxy) is 2. The molecule has 0 saturated heterocycles. The van der Waals surface area contributed by atoms with Crippen molar-refractivity contribution in [2.75, 3.05) is 13.7 Å². The van der Waals surface area contributed by atoms with Crippen LogP contribution in [0.5, 0.6) is 5.75 Å². The molecule has 142 valence electrons. The number of hydrogen-bond acceptors (Lipinski definition) is 3. The first kappa shape index (κ1) is 18.3. The third-order valence-electron chi connectivity index (χ3n) is 5.24. The summed E-state index contributed by atoms with van der Waals surface area (Å²) < 4.78 is 11.2. The van der Waals surface area contributed by atoms with Crippen molar-refractivity contribution in [2.45, 2.75) is 18.9 Å². The Kier molecular flexibility index (Phi) is 5.72. The third-order valence-corrected chi connectivity index (χ3v) is 5.24. The zero-order valence-electron chi connectivity index (χ0n) is 16.1. The molecule has 0 bridgehead atoms. The van der Waals surface area contributed by atoms with E-state index in [0.717, 1.165) is 30.1 Å². The van der Waals surface area contributed by atoms with Gasteiger partial charge in [0.1, 0.15) is 12.4 Å². The molecule has 4 rings (SSSR count). The summed E-state index contributed by atoms with van der Waals surface area (Å²) in [4.78, 5) is 4.96. The van der Waals surface area contributed by atoms with Crippen molar-refractivity contribution in [3.05, 3.63) is 102 Å². The molecule has 3 aromatic carbocycles. The molecule has 28 heavy (non-hydrogen) atoms. The zero-order valence-corrected chi connectivity index (χ0v) is 16.1. The summed E-state index contributed by atoms with van der Waals surface area (Å²) in [6.07, 6.45) is 1.98. The largest absolute Gasteiger partial charge is 0.497 e. The second-order valence-electron chi connectivity index (χ2n) is 7.18. The summed E-state index contributed by atoms with van der Waals surface area (Å²) >= 11 is 0. The smallest absolute Gasteiger partial charge is 0.216 e. The molecule has 0 aliphatic carbocycles. The lowest BCUT2D eigenvalue weighted by molar-refractivity contribution is 0.275. The van der Waals surface area contributed by atoms with E-state index in [0.29, 0.717) is 12.5 Å². The van der Waals surface area contributed by atoms with Crippen LogP contribution in [0.4, 0.5) is 0 Å². The Morgan fingerprint density at radius 3 is 1.96 bits per heavy atom. The summed E-state index contributed by atoms with van der Waals surface area (Å²) in [5.41, 5.74) is 3.69. The lowest BCUT2D eigenvalue weighted by Crippen LogP contribution is -2.24. The molecular formula is C25H25NO2. The minimum atomic E-state index is 0.150. The molecular weight excluding hydrogens is 346 g/mol. The maximum atomic E-state index is 5.99. The van der Waals surface area contributed by atoms with Crippen LogP contribution in [0.1, 0.15) is 16.7 Å². The number of methoxy groups -OCH3 is 1. The van der Waals surface area contributed by atoms with Gasteiger partial charge in [-0.05, 0) is 54.2 Å². The highest BCUT2D eigenvalue weighted by atomic mass is 16.5. The fraction of sp³-hybridized carbons (Fsp3) is 0.240. The Morgan fingerprint density at radius 2 is 1.43 bits per heavy atom. The summed E-state index contributed by atoms with van der Waals surface area (Å²) in [6.45, 7) is 0.631. The van der Waals surface area contributed by atoms with E-state index < -0.39 is 0 Å². The number of benzene rings is 3. The molecule has 1 heterocycles. The molecule has 3 aromatic rings. The first-order valence-corrected chi connectivity index (χ1v) is 9.74. The topological polar surface area (TPSA) is 30.8 Å². The van der Waals surface area contributed by atoms with E-state index in [9.17, 15) is 0 Å². The molecule has 0 spiro atoms. The number of aliphatic imine (C=N–C) groups is 1. The van der Waals surface area contributed by atoms with Crippen molar-refractivity contribution in [2.24, 2.45) is 10.9 Å². The fourth-order valence-corrected chi connectivity index (χ4v) is 3.70.